The van der Waals surface area contributed by atoms with Crippen LogP contribution >= 0.6 is 11.6 Å². The van der Waals surface area contributed by atoms with Crippen LogP contribution in [0.5, 0.6) is 5.75 Å². The second-order valence-corrected chi connectivity index (χ2v) is 5.34. The Balaban J connectivity index is 2.65. The van der Waals surface area contributed by atoms with E-state index in [-0.39, 0.29) is 0 Å². The van der Waals surface area contributed by atoms with E-state index in [0.717, 1.165) is 23.8 Å². The summed E-state index contributed by atoms with van der Waals surface area (Å²) >= 11 is 6.06. The van der Waals surface area contributed by atoms with E-state index in [1.807, 2.05) is 12.1 Å². The molecule has 0 saturated heterocycles. The van der Waals surface area contributed by atoms with Crippen LogP contribution in [0.4, 0.5) is 0 Å². The quantitative estimate of drug-likeness (QED) is 0.712. The largest absolute Gasteiger partial charge is 0.494 e. The molecule has 2 heteroatoms. The Hall–Kier alpha value is -0.690. The Morgan fingerprint density at radius 2 is 1.81 bits per heavy atom. The molecule has 16 heavy (non-hydrogen) atoms. The Labute approximate surface area is 104 Å². The van der Waals surface area contributed by atoms with E-state index in [1.54, 1.807) is 0 Å². The van der Waals surface area contributed by atoms with Gasteiger partial charge in [0.15, 0.2) is 0 Å². The van der Waals surface area contributed by atoms with Crippen molar-refractivity contribution >= 4 is 11.6 Å². The summed E-state index contributed by atoms with van der Waals surface area (Å²) in [6.07, 6.45) is 1.07. The van der Waals surface area contributed by atoms with E-state index in [2.05, 4.69) is 33.8 Å². The first-order valence-corrected chi connectivity index (χ1v) is 6.30. The predicted molar refractivity (Wildman–Crippen MR) is 70.5 cm³/mol. The molecule has 0 atom stereocenters. The smallest absolute Gasteiger partial charge is 0.121 e. The lowest BCUT2D eigenvalue weighted by molar-refractivity contribution is 0.289. The lowest BCUT2D eigenvalue weighted by Crippen LogP contribution is -2.02. The van der Waals surface area contributed by atoms with E-state index < -0.39 is 0 Å². The molecule has 1 aromatic rings. The molecule has 1 aromatic carbocycles. The molecule has 0 aliphatic rings. The molecule has 1 nitrogen and oxygen atoms in total. The van der Waals surface area contributed by atoms with Crippen LogP contribution in [-0.2, 0) is 0 Å². The molecular weight excluding hydrogens is 220 g/mol. The maximum Gasteiger partial charge on any atom is 0.121 e. The Bertz CT molecular complexity index is 332. The van der Waals surface area contributed by atoms with Crippen molar-refractivity contribution in [3.8, 4) is 5.75 Å². The van der Waals surface area contributed by atoms with Gasteiger partial charge < -0.3 is 4.74 Å². The van der Waals surface area contributed by atoms with Crippen molar-refractivity contribution in [2.75, 3.05) is 6.61 Å². The van der Waals surface area contributed by atoms with Crippen LogP contribution in [-0.4, -0.2) is 6.61 Å². The van der Waals surface area contributed by atoms with Crippen molar-refractivity contribution in [1.82, 2.24) is 0 Å². The Kier molecular flexibility index (Phi) is 5.14. The SMILES string of the molecule is CC(C)CCOc1cc(Cl)cc(C(C)C)c1. The summed E-state index contributed by atoms with van der Waals surface area (Å²) in [4.78, 5) is 0. The van der Waals surface area contributed by atoms with Crippen LogP contribution in [0.1, 0.15) is 45.6 Å². The monoisotopic (exact) mass is 240 g/mol. The van der Waals surface area contributed by atoms with Gasteiger partial charge in [0.2, 0.25) is 0 Å². The van der Waals surface area contributed by atoms with Crippen LogP contribution in [0.3, 0.4) is 0 Å². The zero-order chi connectivity index (χ0) is 12.1. The first kappa shape index (κ1) is 13.4. The number of hydrogen-bond acceptors (Lipinski definition) is 1. The van der Waals surface area contributed by atoms with Gasteiger partial charge in [-0.2, -0.15) is 0 Å². The van der Waals surface area contributed by atoms with Gasteiger partial charge in [-0.1, -0.05) is 39.3 Å². The van der Waals surface area contributed by atoms with E-state index in [1.165, 1.54) is 5.56 Å². The number of ether oxygens (including phenoxy) is 1. The van der Waals surface area contributed by atoms with Gasteiger partial charge in [-0.05, 0) is 42.0 Å². The first-order chi connectivity index (χ1) is 7.49. The van der Waals surface area contributed by atoms with E-state index in [0.29, 0.717) is 11.8 Å². The normalized spacial score (nSPS) is 11.2. The zero-order valence-electron chi connectivity index (χ0n) is 10.6. The minimum absolute atomic E-state index is 0.478. The highest BCUT2D eigenvalue weighted by Crippen LogP contribution is 2.26. The second kappa shape index (κ2) is 6.15. The minimum Gasteiger partial charge on any atom is -0.494 e. The van der Waals surface area contributed by atoms with Gasteiger partial charge in [-0.25, -0.2) is 0 Å². The molecule has 90 valence electrons. The van der Waals surface area contributed by atoms with Crippen LogP contribution < -0.4 is 4.74 Å². The molecular formula is C14H21ClO. The average molecular weight is 241 g/mol. The molecule has 0 bridgehead atoms. The summed E-state index contributed by atoms with van der Waals surface area (Å²) in [5, 5.41) is 0.755. The van der Waals surface area contributed by atoms with Crippen molar-refractivity contribution in [2.24, 2.45) is 5.92 Å². The van der Waals surface area contributed by atoms with Crippen LogP contribution in [0.2, 0.25) is 5.02 Å². The molecule has 0 spiro atoms. The minimum atomic E-state index is 0.478. The Morgan fingerprint density at radius 3 is 2.38 bits per heavy atom. The molecule has 0 aliphatic carbocycles. The summed E-state index contributed by atoms with van der Waals surface area (Å²) in [5.41, 5.74) is 1.23. The van der Waals surface area contributed by atoms with Gasteiger partial charge in [-0.15, -0.1) is 0 Å². The molecule has 0 amide bonds. The third-order valence-corrected chi connectivity index (χ3v) is 2.74. The summed E-state index contributed by atoms with van der Waals surface area (Å²) < 4.78 is 5.70. The topological polar surface area (TPSA) is 9.23 Å². The molecule has 0 radical (unpaired) electrons. The van der Waals surface area contributed by atoms with Gasteiger partial charge in [0, 0.05) is 5.02 Å². The van der Waals surface area contributed by atoms with Crippen molar-refractivity contribution in [1.29, 1.82) is 0 Å². The fourth-order valence-electron chi connectivity index (χ4n) is 1.41. The first-order valence-electron chi connectivity index (χ1n) is 5.92. The van der Waals surface area contributed by atoms with Crippen LogP contribution in [0, 0.1) is 5.92 Å². The fourth-order valence-corrected chi connectivity index (χ4v) is 1.65. The maximum atomic E-state index is 6.06. The van der Waals surface area contributed by atoms with Crippen molar-refractivity contribution in [3.63, 3.8) is 0 Å². The number of halogens is 1. The zero-order valence-corrected chi connectivity index (χ0v) is 11.3. The molecule has 0 aliphatic heterocycles. The highest BCUT2D eigenvalue weighted by atomic mass is 35.5. The third kappa shape index (κ3) is 4.44. The summed E-state index contributed by atoms with van der Waals surface area (Å²) in [6, 6.07) is 5.96. The average Bonchev–Trinajstić information content (AvgIpc) is 2.16. The fraction of sp³-hybridized carbons (Fsp3) is 0.571. The van der Waals surface area contributed by atoms with E-state index in [4.69, 9.17) is 16.3 Å². The molecule has 0 heterocycles. The lowest BCUT2D eigenvalue weighted by atomic mass is 10.0. The third-order valence-electron chi connectivity index (χ3n) is 2.52. The predicted octanol–water partition coefficient (Wildman–Crippen LogP) is 4.89. The van der Waals surface area contributed by atoms with Gasteiger partial charge in [-0.3, -0.25) is 0 Å². The molecule has 0 unspecified atom stereocenters. The van der Waals surface area contributed by atoms with E-state index in [9.17, 15) is 0 Å². The second-order valence-electron chi connectivity index (χ2n) is 4.91. The van der Waals surface area contributed by atoms with Crippen LogP contribution in [0.15, 0.2) is 18.2 Å². The van der Waals surface area contributed by atoms with Gasteiger partial charge >= 0.3 is 0 Å². The van der Waals surface area contributed by atoms with Gasteiger partial charge in [0.25, 0.3) is 0 Å². The molecule has 0 fully saturated rings. The van der Waals surface area contributed by atoms with Crippen molar-refractivity contribution in [3.05, 3.63) is 28.8 Å². The van der Waals surface area contributed by atoms with Crippen molar-refractivity contribution in [2.45, 2.75) is 40.0 Å². The summed E-state index contributed by atoms with van der Waals surface area (Å²) in [7, 11) is 0. The number of rotatable bonds is 5. The van der Waals surface area contributed by atoms with Crippen LogP contribution in [0.25, 0.3) is 0 Å². The molecule has 0 saturated carbocycles. The standard InChI is InChI=1S/C14H21ClO/c1-10(2)5-6-16-14-8-12(11(3)4)7-13(15)9-14/h7-11H,5-6H2,1-4H3. The highest BCUT2D eigenvalue weighted by molar-refractivity contribution is 6.30. The lowest BCUT2D eigenvalue weighted by Gasteiger charge is -2.12. The maximum absolute atomic E-state index is 6.06. The summed E-state index contributed by atoms with van der Waals surface area (Å²) in [5.74, 6) is 2.03. The Morgan fingerprint density at radius 1 is 1.12 bits per heavy atom. The summed E-state index contributed by atoms with van der Waals surface area (Å²) in [6.45, 7) is 9.46. The van der Waals surface area contributed by atoms with Gasteiger partial charge in [0.05, 0.1) is 6.61 Å². The van der Waals surface area contributed by atoms with Gasteiger partial charge in [0.1, 0.15) is 5.75 Å². The molecule has 0 N–H and O–H groups in total. The number of benzene rings is 1. The molecule has 0 aromatic heterocycles. The number of hydrogen-bond donors (Lipinski definition) is 0. The van der Waals surface area contributed by atoms with Crippen molar-refractivity contribution < 1.29 is 4.74 Å². The highest BCUT2D eigenvalue weighted by Gasteiger charge is 2.04. The molecule has 1 rings (SSSR count). The van der Waals surface area contributed by atoms with E-state index >= 15 is 0 Å².